The van der Waals surface area contributed by atoms with Crippen molar-refractivity contribution in [2.24, 2.45) is 0 Å². The van der Waals surface area contributed by atoms with E-state index in [0.29, 0.717) is 6.04 Å². The first-order valence-corrected chi connectivity index (χ1v) is 8.64. The number of halogens is 1. The van der Waals surface area contributed by atoms with Crippen LogP contribution in [0.15, 0.2) is 4.60 Å². The fourth-order valence-corrected chi connectivity index (χ4v) is 3.88. The zero-order chi connectivity index (χ0) is 16.1. The van der Waals surface area contributed by atoms with Gasteiger partial charge in [-0.05, 0) is 69.3 Å². The zero-order valence-electron chi connectivity index (χ0n) is 13.5. The molecule has 6 nitrogen and oxygen atoms in total. The number of hydrogen-bond donors (Lipinski definition) is 0. The second-order valence-electron chi connectivity index (χ2n) is 7.31. The van der Waals surface area contributed by atoms with Gasteiger partial charge in [0.05, 0.1) is 11.7 Å². The Morgan fingerprint density at radius 1 is 1.23 bits per heavy atom. The minimum absolute atomic E-state index is 0.171. The molecule has 7 heteroatoms. The van der Waals surface area contributed by atoms with Crippen molar-refractivity contribution in [1.29, 1.82) is 0 Å². The van der Waals surface area contributed by atoms with Crippen LogP contribution in [0.25, 0.3) is 0 Å². The summed E-state index contributed by atoms with van der Waals surface area (Å²) in [5, 5.41) is 8.34. The SMILES string of the molecule is Cc1c(Br)nnn1C1C[C@H]2CC[C@@H](C1)N2C(=O)OC(C)(C)C. The number of carbonyl (C=O) groups is 1. The van der Waals surface area contributed by atoms with E-state index >= 15 is 0 Å². The summed E-state index contributed by atoms with van der Waals surface area (Å²) in [6, 6.07) is 0.817. The molecule has 3 atom stereocenters. The first-order valence-electron chi connectivity index (χ1n) is 7.85. The van der Waals surface area contributed by atoms with Gasteiger partial charge in [0.25, 0.3) is 0 Å². The molecule has 2 bridgehead atoms. The molecule has 0 aliphatic carbocycles. The third-order valence-electron chi connectivity index (χ3n) is 4.53. The van der Waals surface area contributed by atoms with Crippen LogP contribution < -0.4 is 0 Å². The number of aromatic nitrogens is 3. The number of ether oxygens (including phenoxy) is 1. The molecule has 1 unspecified atom stereocenters. The Balaban J connectivity index is 1.74. The van der Waals surface area contributed by atoms with Gasteiger partial charge in [-0.1, -0.05) is 5.21 Å². The molecule has 122 valence electrons. The molecule has 1 aromatic heterocycles. The fourth-order valence-electron chi connectivity index (χ4n) is 3.63. The van der Waals surface area contributed by atoms with E-state index in [1.54, 1.807) is 0 Å². The van der Waals surface area contributed by atoms with Crippen LogP contribution in [-0.2, 0) is 4.74 Å². The number of piperidine rings is 1. The summed E-state index contributed by atoms with van der Waals surface area (Å²) in [7, 11) is 0. The number of carbonyl (C=O) groups excluding carboxylic acids is 1. The topological polar surface area (TPSA) is 60.2 Å². The van der Waals surface area contributed by atoms with Crippen molar-refractivity contribution in [3.05, 3.63) is 10.3 Å². The molecular weight excluding hydrogens is 348 g/mol. The highest BCUT2D eigenvalue weighted by Gasteiger charge is 2.45. The van der Waals surface area contributed by atoms with Gasteiger partial charge in [-0.15, -0.1) is 5.10 Å². The van der Waals surface area contributed by atoms with E-state index in [1.165, 1.54) is 0 Å². The first-order chi connectivity index (χ1) is 10.3. The summed E-state index contributed by atoms with van der Waals surface area (Å²) in [4.78, 5) is 14.4. The van der Waals surface area contributed by atoms with Gasteiger partial charge in [0.15, 0.2) is 4.60 Å². The second-order valence-corrected chi connectivity index (χ2v) is 8.06. The van der Waals surface area contributed by atoms with Crippen molar-refractivity contribution >= 4 is 22.0 Å². The number of amides is 1. The molecule has 0 aromatic carbocycles. The number of rotatable bonds is 1. The van der Waals surface area contributed by atoms with E-state index < -0.39 is 5.60 Å². The molecule has 1 aromatic rings. The lowest BCUT2D eigenvalue weighted by atomic mass is 9.97. The van der Waals surface area contributed by atoms with Gasteiger partial charge in [-0.2, -0.15) is 0 Å². The summed E-state index contributed by atoms with van der Waals surface area (Å²) in [5.41, 5.74) is 0.607. The quantitative estimate of drug-likeness (QED) is 0.759. The summed E-state index contributed by atoms with van der Waals surface area (Å²) in [6.45, 7) is 7.76. The van der Waals surface area contributed by atoms with E-state index in [9.17, 15) is 4.79 Å². The van der Waals surface area contributed by atoms with Gasteiger partial charge in [0.2, 0.25) is 0 Å². The lowest BCUT2D eigenvalue weighted by Crippen LogP contribution is -2.49. The van der Waals surface area contributed by atoms with Crippen LogP contribution in [0, 0.1) is 6.92 Å². The van der Waals surface area contributed by atoms with Gasteiger partial charge in [-0.3, -0.25) is 0 Å². The van der Waals surface area contributed by atoms with E-state index in [2.05, 4.69) is 26.2 Å². The van der Waals surface area contributed by atoms with Crippen molar-refractivity contribution in [3.63, 3.8) is 0 Å². The lowest BCUT2D eigenvalue weighted by molar-refractivity contribution is 0.00214. The molecule has 3 heterocycles. The van der Waals surface area contributed by atoms with Gasteiger partial charge < -0.3 is 9.64 Å². The van der Waals surface area contributed by atoms with Crippen LogP contribution in [0.3, 0.4) is 0 Å². The van der Waals surface area contributed by atoms with Crippen molar-refractivity contribution in [2.75, 3.05) is 0 Å². The van der Waals surface area contributed by atoms with Crippen molar-refractivity contribution in [3.8, 4) is 0 Å². The number of fused-ring (bicyclic) bond motifs is 2. The monoisotopic (exact) mass is 370 g/mol. The molecule has 1 amide bonds. The molecule has 22 heavy (non-hydrogen) atoms. The maximum absolute atomic E-state index is 12.5. The summed E-state index contributed by atoms with van der Waals surface area (Å²) in [5.74, 6) is 0. The Kier molecular flexibility index (Phi) is 3.95. The normalized spacial score (nSPS) is 28.0. The van der Waals surface area contributed by atoms with Crippen molar-refractivity contribution < 1.29 is 9.53 Å². The highest BCUT2D eigenvalue weighted by molar-refractivity contribution is 9.10. The van der Waals surface area contributed by atoms with Crippen LogP contribution in [-0.4, -0.2) is 43.7 Å². The molecular formula is C15H23BrN4O2. The van der Waals surface area contributed by atoms with E-state index in [-0.39, 0.29) is 18.2 Å². The predicted molar refractivity (Wildman–Crippen MR) is 85.6 cm³/mol. The highest BCUT2D eigenvalue weighted by atomic mass is 79.9. The van der Waals surface area contributed by atoms with Crippen LogP contribution in [0.2, 0.25) is 0 Å². The third kappa shape index (κ3) is 2.87. The summed E-state index contributed by atoms with van der Waals surface area (Å²) in [6.07, 6.45) is 3.78. The predicted octanol–water partition coefficient (Wildman–Crippen LogP) is 3.45. The third-order valence-corrected chi connectivity index (χ3v) is 5.26. The Hall–Kier alpha value is -1.11. The standard InChI is InChI=1S/C15H23BrN4O2/c1-9-13(16)17-18-20(9)12-7-10-5-6-11(8-12)19(10)14(21)22-15(2,3)4/h10-12H,5-8H2,1-4H3/t10-,11+,12?. The molecule has 2 fully saturated rings. The maximum atomic E-state index is 12.5. The number of hydrogen-bond acceptors (Lipinski definition) is 4. The Morgan fingerprint density at radius 2 is 1.82 bits per heavy atom. The Morgan fingerprint density at radius 3 is 2.27 bits per heavy atom. The molecule has 3 rings (SSSR count). The lowest BCUT2D eigenvalue weighted by Gasteiger charge is -2.39. The molecule has 0 saturated carbocycles. The van der Waals surface area contributed by atoms with Gasteiger partial charge >= 0.3 is 6.09 Å². The fraction of sp³-hybridized carbons (Fsp3) is 0.800. The maximum Gasteiger partial charge on any atom is 0.410 e. The zero-order valence-corrected chi connectivity index (χ0v) is 15.1. The van der Waals surface area contributed by atoms with Crippen LogP contribution in [0.1, 0.15) is 58.2 Å². The molecule has 0 radical (unpaired) electrons. The minimum atomic E-state index is -0.444. The van der Waals surface area contributed by atoms with Gasteiger partial charge in [0, 0.05) is 12.1 Å². The minimum Gasteiger partial charge on any atom is -0.444 e. The Bertz CT molecular complexity index is 567. The average molecular weight is 371 g/mol. The highest BCUT2D eigenvalue weighted by Crippen LogP contribution is 2.41. The van der Waals surface area contributed by atoms with Crippen LogP contribution in [0.5, 0.6) is 0 Å². The van der Waals surface area contributed by atoms with Crippen molar-refractivity contribution in [2.45, 2.75) is 77.1 Å². The second kappa shape index (κ2) is 5.51. The molecule has 0 N–H and O–H groups in total. The summed E-state index contributed by atoms with van der Waals surface area (Å²) < 4.78 is 8.37. The smallest absolute Gasteiger partial charge is 0.410 e. The summed E-state index contributed by atoms with van der Waals surface area (Å²) >= 11 is 3.42. The van der Waals surface area contributed by atoms with Crippen molar-refractivity contribution in [1.82, 2.24) is 19.9 Å². The number of nitrogens with zero attached hydrogens (tertiary/aromatic N) is 4. The van der Waals surface area contributed by atoms with E-state index in [1.807, 2.05) is 37.3 Å². The average Bonchev–Trinajstić information content (AvgIpc) is 2.86. The first kappa shape index (κ1) is 15.8. The molecule has 2 aliphatic rings. The van der Waals surface area contributed by atoms with E-state index in [4.69, 9.17) is 4.74 Å². The molecule has 0 spiro atoms. The van der Waals surface area contributed by atoms with Gasteiger partial charge in [-0.25, -0.2) is 9.48 Å². The Labute approximate surface area is 139 Å². The largest absolute Gasteiger partial charge is 0.444 e. The van der Waals surface area contributed by atoms with Crippen LogP contribution in [0.4, 0.5) is 4.79 Å². The molecule has 2 aliphatic heterocycles. The molecule has 2 saturated heterocycles. The van der Waals surface area contributed by atoms with Crippen LogP contribution >= 0.6 is 15.9 Å². The van der Waals surface area contributed by atoms with Gasteiger partial charge in [0.1, 0.15) is 5.60 Å². The van der Waals surface area contributed by atoms with E-state index in [0.717, 1.165) is 36.0 Å².